The van der Waals surface area contributed by atoms with Crippen molar-refractivity contribution in [3.8, 4) is 11.6 Å². The Bertz CT molecular complexity index is 1090. The fourth-order valence-electron chi connectivity index (χ4n) is 3.11. The molecule has 0 bridgehead atoms. The van der Waals surface area contributed by atoms with Gasteiger partial charge in [-0.25, -0.2) is 8.42 Å². The third-order valence-electron chi connectivity index (χ3n) is 4.37. The lowest BCUT2D eigenvalue weighted by Crippen LogP contribution is -2.36. The standard InChI is InChI=1S/C16H16ClN5O3S/c1-10-18-16(25-20-10)15-13-9-22(7-6-14(13)21(2)19-15)26(23,24)12-5-3-4-11(17)8-12/h3-5,8H,6-7,9H2,1-2H3. The van der Waals surface area contributed by atoms with E-state index in [1.165, 1.54) is 10.4 Å². The molecule has 0 atom stereocenters. The third kappa shape index (κ3) is 2.81. The van der Waals surface area contributed by atoms with Crippen molar-refractivity contribution in [3.63, 3.8) is 0 Å². The second kappa shape index (κ2) is 6.19. The van der Waals surface area contributed by atoms with Crippen molar-refractivity contribution in [3.05, 3.63) is 46.4 Å². The highest BCUT2D eigenvalue weighted by Crippen LogP contribution is 2.31. The Hall–Kier alpha value is -2.23. The maximum atomic E-state index is 13.0. The first-order valence-electron chi connectivity index (χ1n) is 7.97. The Balaban J connectivity index is 1.74. The van der Waals surface area contributed by atoms with Gasteiger partial charge in [-0.15, -0.1) is 0 Å². The number of sulfonamides is 1. The summed E-state index contributed by atoms with van der Waals surface area (Å²) in [4.78, 5) is 4.39. The Morgan fingerprint density at radius 1 is 1.31 bits per heavy atom. The summed E-state index contributed by atoms with van der Waals surface area (Å²) in [6.07, 6.45) is 0.547. The van der Waals surface area contributed by atoms with Gasteiger partial charge in [0.05, 0.1) is 4.90 Å². The molecule has 1 aliphatic rings. The number of fused-ring (bicyclic) bond motifs is 1. The number of aromatic nitrogens is 4. The monoisotopic (exact) mass is 393 g/mol. The van der Waals surface area contributed by atoms with Crippen molar-refractivity contribution in [1.29, 1.82) is 0 Å². The quantitative estimate of drug-likeness (QED) is 0.677. The number of rotatable bonds is 3. The minimum absolute atomic E-state index is 0.174. The SMILES string of the molecule is Cc1noc(-c2nn(C)c3c2CN(S(=O)(=O)c2cccc(Cl)c2)CC3)n1. The van der Waals surface area contributed by atoms with Gasteiger partial charge in [0.15, 0.2) is 11.5 Å². The lowest BCUT2D eigenvalue weighted by Gasteiger charge is -2.26. The molecule has 0 spiro atoms. The van der Waals surface area contributed by atoms with Gasteiger partial charge in [-0.1, -0.05) is 22.8 Å². The number of halogens is 1. The van der Waals surface area contributed by atoms with Crippen LogP contribution in [0.3, 0.4) is 0 Å². The average Bonchev–Trinajstić information content (AvgIpc) is 3.18. The molecule has 0 fully saturated rings. The van der Waals surface area contributed by atoms with Crippen LogP contribution in [0.15, 0.2) is 33.7 Å². The van der Waals surface area contributed by atoms with Crippen molar-refractivity contribution in [2.75, 3.05) is 6.54 Å². The van der Waals surface area contributed by atoms with E-state index in [2.05, 4.69) is 15.2 Å². The Morgan fingerprint density at radius 3 is 2.81 bits per heavy atom. The van der Waals surface area contributed by atoms with Gasteiger partial charge in [-0.3, -0.25) is 4.68 Å². The second-order valence-corrected chi connectivity index (χ2v) is 8.46. The van der Waals surface area contributed by atoms with Crippen LogP contribution >= 0.6 is 11.6 Å². The molecule has 0 amide bonds. The molecule has 0 unspecified atom stereocenters. The van der Waals surface area contributed by atoms with Crippen LogP contribution in [0.4, 0.5) is 0 Å². The van der Waals surface area contributed by atoms with Gasteiger partial charge in [0.2, 0.25) is 10.0 Å². The summed E-state index contributed by atoms with van der Waals surface area (Å²) >= 11 is 5.96. The predicted molar refractivity (Wildman–Crippen MR) is 94.0 cm³/mol. The van der Waals surface area contributed by atoms with E-state index in [0.29, 0.717) is 35.4 Å². The minimum Gasteiger partial charge on any atom is -0.332 e. The zero-order valence-electron chi connectivity index (χ0n) is 14.2. The van der Waals surface area contributed by atoms with Crippen LogP contribution in [-0.2, 0) is 30.0 Å². The van der Waals surface area contributed by atoms with Crippen LogP contribution in [0, 0.1) is 6.92 Å². The molecule has 2 aromatic heterocycles. The molecule has 8 nitrogen and oxygen atoms in total. The van der Waals surface area contributed by atoms with Gasteiger partial charge in [-0.05, 0) is 25.1 Å². The van der Waals surface area contributed by atoms with E-state index in [4.69, 9.17) is 16.1 Å². The Kier molecular flexibility index (Phi) is 4.09. The van der Waals surface area contributed by atoms with E-state index in [-0.39, 0.29) is 11.4 Å². The number of aryl methyl sites for hydroxylation is 2. The maximum Gasteiger partial charge on any atom is 0.278 e. The van der Waals surface area contributed by atoms with Gasteiger partial charge in [0.25, 0.3) is 5.89 Å². The summed E-state index contributed by atoms with van der Waals surface area (Å²) in [7, 11) is -1.84. The summed E-state index contributed by atoms with van der Waals surface area (Å²) < 4.78 is 34.4. The zero-order valence-corrected chi connectivity index (χ0v) is 15.8. The van der Waals surface area contributed by atoms with Crippen molar-refractivity contribution in [2.45, 2.75) is 24.8 Å². The van der Waals surface area contributed by atoms with Crippen LogP contribution < -0.4 is 0 Å². The van der Waals surface area contributed by atoms with Crippen LogP contribution in [0.25, 0.3) is 11.6 Å². The molecule has 3 aromatic rings. The summed E-state index contributed by atoms with van der Waals surface area (Å²) in [5.41, 5.74) is 2.27. The Morgan fingerprint density at radius 2 is 2.12 bits per heavy atom. The van der Waals surface area contributed by atoms with Crippen molar-refractivity contribution < 1.29 is 12.9 Å². The van der Waals surface area contributed by atoms with E-state index < -0.39 is 10.0 Å². The van der Waals surface area contributed by atoms with Gasteiger partial charge in [-0.2, -0.15) is 14.4 Å². The molecule has 1 aliphatic heterocycles. The Labute approximate surface area is 155 Å². The molecular formula is C16H16ClN5O3S. The normalized spacial score (nSPS) is 15.2. The van der Waals surface area contributed by atoms with Crippen LogP contribution in [0.5, 0.6) is 0 Å². The molecule has 0 saturated heterocycles. The van der Waals surface area contributed by atoms with Crippen LogP contribution in [0.1, 0.15) is 17.1 Å². The van der Waals surface area contributed by atoms with E-state index in [1.54, 1.807) is 29.8 Å². The second-order valence-electron chi connectivity index (χ2n) is 6.09. The first-order valence-corrected chi connectivity index (χ1v) is 9.79. The highest BCUT2D eigenvalue weighted by atomic mass is 35.5. The van der Waals surface area contributed by atoms with Crippen LogP contribution in [-0.4, -0.2) is 39.2 Å². The molecular weight excluding hydrogens is 378 g/mol. The third-order valence-corrected chi connectivity index (χ3v) is 6.45. The van der Waals surface area contributed by atoms with E-state index in [9.17, 15) is 8.42 Å². The van der Waals surface area contributed by atoms with Gasteiger partial charge < -0.3 is 4.52 Å². The van der Waals surface area contributed by atoms with E-state index in [0.717, 1.165) is 11.3 Å². The van der Waals surface area contributed by atoms with E-state index >= 15 is 0 Å². The molecule has 4 rings (SSSR count). The topological polar surface area (TPSA) is 94.1 Å². The number of benzene rings is 1. The molecule has 10 heteroatoms. The fourth-order valence-corrected chi connectivity index (χ4v) is 4.82. The molecule has 26 heavy (non-hydrogen) atoms. The lowest BCUT2D eigenvalue weighted by molar-refractivity contribution is 0.385. The number of hydrogen-bond acceptors (Lipinski definition) is 6. The molecule has 0 saturated carbocycles. The summed E-state index contributed by atoms with van der Waals surface area (Å²) in [6, 6.07) is 6.27. The molecule has 1 aromatic carbocycles. The molecule has 0 aliphatic carbocycles. The lowest BCUT2D eigenvalue weighted by atomic mass is 10.1. The van der Waals surface area contributed by atoms with E-state index in [1.807, 2.05) is 7.05 Å². The van der Waals surface area contributed by atoms with Crippen molar-refractivity contribution in [1.82, 2.24) is 24.2 Å². The molecule has 3 heterocycles. The van der Waals surface area contributed by atoms with Crippen LogP contribution in [0.2, 0.25) is 5.02 Å². The van der Waals surface area contributed by atoms with Gasteiger partial charge in [0.1, 0.15) is 0 Å². The zero-order chi connectivity index (χ0) is 18.5. The maximum absolute atomic E-state index is 13.0. The summed E-state index contributed by atoms with van der Waals surface area (Å²) in [5.74, 6) is 0.792. The highest BCUT2D eigenvalue weighted by Gasteiger charge is 2.33. The molecule has 0 radical (unpaired) electrons. The van der Waals surface area contributed by atoms with Crippen molar-refractivity contribution >= 4 is 21.6 Å². The molecule has 0 N–H and O–H groups in total. The number of nitrogens with zero attached hydrogens (tertiary/aromatic N) is 5. The predicted octanol–water partition coefficient (Wildman–Crippen LogP) is 2.18. The average molecular weight is 394 g/mol. The first kappa shape index (κ1) is 17.2. The van der Waals surface area contributed by atoms with Crippen molar-refractivity contribution in [2.24, 2.45) is 7.05 Å². The highest BCUT2D eigenvalue weighted by molar-refractivity contribution is 7.89. The fraction of sp³-hybridized carbons (Fsp3) is 0.312. The largest absolute Gasteiger partial charge is 0.332 e. The minimum atomic E-state index is -3.67. The number of hydrogen-bond donors (Lipinski definition) is 0. The molecule has 136 valence electrons. The van der Waals surface area contributed by atoms with Gasteiger partial charge >= 0.3 is 0 Å². The summed E-state index contributed by atoms with van der Waals surface area (Å²) in [5, 5.41) is 8.63. The smallest absolute Gasteiger partial charge is 0.278 e. The first-order chi connectivity index (χ1) is 12.4. The van der Waals surface area contributed by atoms with Gasteiger partial charge in [0, 0.05) is 42.8 Å². The summed E-state index contributed by atoms with van der Waals surface area (Å²) in [6.45, 7) is 2.27.